The largest absolute Gasteiger partial charge is 0.294 e. The highest BCUT2D eigenvalue weighted by Crippen LogP contribution is 2.34. The number of Topliss-reactive ketones (excluding diaryl/α,β-unsaturated/α-hetero) is 1. The zero-order valence-electron chi connectivity index (χ0n) is 9.16. The summed E-state index contributed by atoms with van der Waals surface area (Å²) in [5.41, 5.74) is 5.56. The van der Waals surface area contributed by atoms with Gasteiger partial charge < -0.3 is 0 Å². The Morgan fingerprint density at radius 2 is 1.56 bits per heavy atom. The van der Waals surface area contributed by atoms with Crippen molar-refractivity contribution in [1.82, 2.24) is 0 Å². The molecule has 2 aromatic carbocycles. The molecule has 0 bridgehead atoms. The van der Waals surface area contributed by atoms with Gasteiger partial charge in [0.2, 0.25) is 0 Å². The van der Waals surface area contributed by atoms with Gasteiger partial charge in [0, 0.05) is 12.0 Å². The molecule has 0 unspecified atom stereocenters. The van der Waals surface area contributed by atoms with E-state index in [0.29, 0.717) is 6.42 Å². The maximum Gasteiger partial charge on any atom is 0.167 e. The highest BCUT2D eigenvalue weighted by atomic mass is 16.1. The van der Waals surface area contributed by atoms with Gasteiger partial charge in [-0.15, -0.1) is 0 Å². The molecular weight excluding hydrogens is 196 g/mol. The van der Waals surface area contributed by atoms with Crippen LogP contribution in [-0.2, 0) is 6.42 Å². The normalized spacial score (nSPS) is 13.2. The lowest BCUT2D eigenvalue weighted by atomic mass is 9.83. The fourth-order valence-electron chi connectivity index (χ4n) is 2.41. The SMILES string of the molecule is Cc1cccc2c1CC(=O)c1ccccc1-2. The first-order chi connectivity index (χ1) is 7.77. The fourth-order valence-corrected chi connectivity index (χ4v) is 2.41. The van der Waals surface area contributed by atoms with E-state index in [1.807, 2.05) is 24.3 Å². The molecule has 3 rings (SSSR count). The van der Waals surface area contributed by atoms with Crippen molar-refractivity contribution >= 4 is 5.78 Å². The molecule has 1 aliphatic rings. The molecule has 1 heteroatoms. The van der Waals surface area contributed by atoms with Crippen molar-refractivity contribution in [2.75, 3.05) is 0 Å². The standard InChI is InChI=1S/C15H12O/c1-10-5-4-8-12-11-6-2-3-7-13(11)15(16)9-14(10)12/h2-8H,9H2,1H3. The Morgan fingerprint density at radius 3 is 2.38 bits per heavy atom. The lowest BCUT2D eigenvalue weighted by molar-refractivity contribution is 0.0991. The number of fused-ring (bicyclic) bond motifs is 3. The van der Waals surface area contributed by atoms with Gasteiger partial charge in [0.15, 0.2) is 5.78 Å². The summed E-state index contributed by atoms with van der Waals surface area (Å²) in [6.45, 7) is 2.07. The average molecular weight is 208 g/mol. The van der Waals surface area contributed by atoms with E-state index in [1.165, 1.54) is 16.7 Å². The molecule has 0 amide bonds. The molecule has 1 aliphatic carbocycles. The van der Waals surface area contributed by atoms with Gasteiger partial charge in [0.1, 0.15) is 0 Å². The molecule has 0 fully saturated rings. The first-order valence-corrected chi connectivity index (χ1v) is 5.48. The third-order valence-corrected chi connectivity index (χ3v) is 3.27. The van der Waals surface area contributed by atoms with Crippen LogP contribution in [0.25, 0.3) is 11.1 Å². The van der Waals surface area contributed by atoms with Crippen LogP contribution in [0.4, 0.5) is 0 Å². The molecular formula is C15H12O. The quantitative estimate of drug-likeness (QED) is 0.648. The van der Waals surface area contributed by atoms with E-state index in [-0.39, 0.29) is 5.78 Å². The Balaban J connectivity index is 2.36. The van der Waals surface area contributed by atoms with Crippen molar-refractivity contribution in [2.45, 2.75) is 13.3 Å². The van der Waals surface area contributed by atoms with Crippen LogP contribution in [0.2, 0.25) is 0 Å². The minimum Gasteiger partial charge on any atom is -0.294 e. The van der Waals surface area contributed by atoms with Gasteiger partial charge in [0.25, 0.3) is 0 Å². The predicted molar refractivity (Wildman–Crippen MR) is 64.6 cm³/mol. The van der Waals surface area contributed by atoms with E-state index < -0.39 is 0 Å². The van der Waals surface area contributed by atoms with Crippen LogP contribution in [0.5, 0.6) is 0 Å². The molecule has 0 radical (unpaired) electrons. The molecule has 0 N–H and O–H groups in total. The highest BCUT2D eigenvalue weighted by Gasteiger charge is 2.22. The summed E-state index contributed by atoms with van der Waals surface area (Å²) in [5.74, 6) is 0.234. The van der Waals surface area contributed by atoms with Gasteiger partial charge in [-0.3, -0.25) is 4.79 Å². The Kier molecular flexibility index (Phi) is 1.93. The van der Waals surface area contributed by atoms with E-state index >= 15 is 0 Å². The summed E-state index contributed by atoms with van der Waals surface area (Å²) >= 11 is 0. The van der Waals surface area contributed by atoms with Crippen molar-refractivity contribution in [3.05, 3.63) is 59.2 Å². The lowest BCUT2D eigenvalue weighted by Gasteiger charge is -2.20. The summed E-state index contributed by atoms with van der Waals surface area (Å²) < 4.78 is 0. The number of carbonyl (C=O) groups excluding carboxylic acids is 1. The van der Waals surface area contributed by atoms with Crippen molar-refractivity contribution in [1.29, 1.82) is 0 Å². The van der Waals surface area contributed by atoms with Crippen LogP contribution in [0.15, 0.2) is 42.5 Å². The topological polar surface area (TPSA) is 17.1 Å². The molecule has 16 heavy (non-hydrogen) atoms. The summed E-state index contributed by atoms with van der Waals surface area (Å²) in [5, 5.41) is 0. The van der Waals surface area contributed by atoms with Gasteiger partial charge in [0.05, 0.1) is 0 Å². The highest BCUT2D eigenvalue weighted by molar-refractivity contribution is 6.07. The molecule has 0 saturated carbocycles. The van der Waals surface area contributed by atoms with Gasteiger partial charge in [-0.2, -0.15) is 0 Å². The second-order valence-electron chi connectivity index (χ2n) is 4.25. The Morgan fingerprint density at radius 1 is 0.875 bits per heavy atom. The van der Waals surface area contributed by atoms with Crippen LogP contribution < -0.4 is 0 Å². The van der Waals surface area contributed by atoms with Gasteiger partial charge in [-0.05, 0) is 29.2 Å². The van der Waals surface area contributed by atoms with E-state index in [4.69, 9.17) is 0 Å². The van der Waals surface area contributed by atoms with Crippen molar-refractivity contribution in [3.8, 4) is 11.1 Å². The van der Waals surface area contributed by atoms with E-state index in [9.17, 15) is 4.79 Å². The number of ketones is 1. The summed E-state index contributed by atoms with van der Waals surface area (Å²) in [4.78, 5) is 12.0. The second kappa shape index (κ2) is 3.31. The molecule has 0 spiro atoms. The van der Waals surface area contributed by atoms with E-state index in [0.717, 1.165) is 11.1 Å². The number of rotatable bonds is 0. The maximum atomic E-state index is 12.0. The smallest absolute Gasteiger partial charge is 0.167 e. The predicted octanol–water partition coefficient (Wildman–Crippen LogP) is 3.40. The number of hydrogen-bond donors (Lipinski definition) is 0. The lowest BCUT2D eigenvalue weighted by Crippen LogP contribution is -2.13. The van der Waals surface area contributed by atoms with Gasteiger partial charge in [-0.25, -0.2) is 0 Å². The molecule has 78 valence electrons. The summed E-state index contributed by atoms with van der Waals surface area (Å²) in [7, 11) is 0. The monoisotopic (exact) mass is 208 g/mol. The third kappa shape index (κ3) is 1.21. The Bertz CT molecular complexity index is 582. The molecule has 1 nitrogen and oxygen atoms in total. The van der Waals surface area contributed by atoms with Crippen molar-refractivity contribution in [3.63, 3.8) is 0 Å². The van der Waals surface area contributed by atoms with Crippen LogP contribution >= 0.6 is 0 Å². The zero-order chi connectivity index (χ0) is 11.1. The number of benzene rings is 2. The van der Waals surface area contributed by atoms with Crippen LogP contribution in [0, 0.1) is 6.92 Å². The summed E-state index contributed by atoms with van der Waals surface area (Å²) in [6.07, 6.45) is 0.541. The summed E-state index contributed by atoms with van der Waals surface area (Å²) in [6, 6.07) is 14.1. The molecule has 0 atom stereocenters. The fraction of sp³-hybridized carbons (Fsp3) is 0.133. The van der Waals surface area contributed by atoms with E-state index in [1.54, 1.807) is 0 Å². The second-order valence-corrected chi connectivity index (χ2v) is 4.25. The third-order valence-electron chi connectivity index (χ3n) is 3.27. The van der Waals surface area contributed by atoms with Gasteiger partial charge in [-0.1, -0.05) is 42.5 Å². The first kappa shape index (κ1) is 9.34. The minimum atomic E-state index is 0.234. The number of hydrogen-bond acceptors (Lipinski definition) is 1. The molecule has 0 saturated heterocycles. The molecule has 0 heterocycles. The first-order valence-electron chi connectivity index (χ1n) is 5.48. The van der Waals surface area contributed by atoms with Crippen molar-refractivity contribution < 1.29 is 4.79 Å². The van der Waals surface area contributed by atoms with Crippen molar-refractivity contribution in [2.24, 2.45) is 0 Å². The van der Waals surface area contributed by atoms with Crippen LogP contribution in [0.1, 0.15) is 21.5 Å². The van der Waals surface area contributed by atoms with E-state index in [2.05, 4.69) is 25.1 Å². The number of carbonyl (C=O) groups is 1. The molecule has 0 aromatic heterocycles. The van der Waals surface area contributed by atoms with Gasteiger partial charge >= 0.3 is 0 Å². The zero-order valence-corrected chi connectivity index (χ0v) is 9.16. The molecule has 2 aromatic rings. The minimum absolute atomic E-state index is 0.234. The Hall–Kier alpha value is -1.89. The maximum absolute atomic E-state index is 12.0. The Labute approximate surface area is 94.7 Å². The molecule has 0 aliphatic heterocycles. The number of aryl methyl sites for hydroxylation is 1. The van der Waals surface area contributed by atoms with Crippen LogP contribution in [-0.4, -0.2) is 5.78 Å². The van der Waals surface area contributed by atoms with Crippen LogP contribution in [0.3, 0.4) is 0 Å². The average Bonchev–Trinajstić information content (AvgIpc) is 2.31.